The molecule has 82 valence electrons. The normalized spacial score (nSPS) is 23.1. The first-order valence-electron chi connectivity index (χ1n) is 5.09. The highest BCUT2D eigenvalue weighted by Gasteiger charge is 2.21. The van der Waals surface area contributed by atoms with Crippen LogP contribution in [-0.2, 0) is 0 Å². The molecule has 1 atom stereocenters. The van der Waals surface area contributed by atoms with Gasteiger partial charge >= 0.3 is 0 Å². The highest BCUT2D eigenvalue weighted by Crippen LogP contribution is 2.13. The van der Waals surface area contributed by atoms with Gasteiger partial charge in [0.25, 0.3) is 0 Å². The van der Waals surface area contributed by atoms with Gasteiger partial charge in [-0.3, -0.25) is 0 Å². The number of hydrogen-bond acceptors (Lipinski definition) is 4. The fraction of sp³-hybridized carbons (Fsp3) is 0.600. The van der Waals surface area contributed by atoms with Crippen LogP contribution >= 0.6 is 22.6 Å². The van der Waals surface area contributed by atoms with Crippen molar-refractivity contribution in [2.45, 2.75) is 13.0 Å². The first-order valence-corrected chi connectivity index (χ1v) is 6.17. The van der Waals surface area contributed by atoms with Crippen LogP contribution in [0.4, 0.5) is 5.95 Å². The molecule has 2 heterocycles. The number of piperazine rings is 1. The first kappa shape index (κ1) is 11.1. The van der Waals surface area contributed by atoms with Crippen molar-refractivity contribution in [3.63, 3.8) is 0 Å². The largest absolute Gasteiger partial charge is 0.338 e. The second kappa shape index (κ2) is 4.61. The predicted molar refractivity (Wildman–Crippen MR) is 69.1 cm³/mol. The van der Waals surface area contributed by atoms with Crippen LogP contribution in [-0.4, -0.2) is 47.6 Å². The highest BCUT2D eigenvalue weighted by atomic mass is 127. The number of aromatic nitrogens is 2. The summed E-state index contributed by atoms with van der Waals surface area (Å²) in [7, 11) is 2.16. The van der Waals surface area contributed by atoms with Crippen LogP contribution in [0.25, 0.3) is 0 Å². The molecule has 0 saturated carbocycles. The van der Waals surface area contributed by atoms with Crippen molar-refractivity contribution in [3.05, 3.63) is 16.0 Å². The van der Waals surface area contributed by atoms with Gasteiger partial charge in [-0.2, -0.15) is 0 Å². The van der Waals surface area contributed by atoms with E-state index in [2.05, 4.69) is 56.3 Å². The Hall–Kier alpha value is -0.430. The van der Waals surface area contributed by atoms with Gasteiger partial charge in [0.15, 0.2) is 0 Å². The second-order valence-corrected chi connectivity index (χ2v) is 5.22. The minimum Gasteiger partial charge on any atom is -0.338 e. The SMILES string of the molecule is CC1CN(c2ncc(I)cn2)CCN1C. The van der Waals surface area contributed by atoms with E-state index in [0.29, 0.717) is 6.04 Å². The molecule has 4 nitrogen and oxygen atoms in total. The molecule has 1 aromatic rings. The van der Waals surface area contributed by atoms with Gasteiger partial charge in [-0.05, 0) is 36.6 Å². The Balaban J connectivity index is 2.08. The molecule has 0 spiro atoms. The summed E-state index contributed by atoms with van der Waals surface area (Å²) in [5.74, 6) is 0.857. The lowest BCUT2D eigenvalue weighted by Gasteiger charge is -2.37. The molecule has 15 heavy (non-hydrogen) atoms. The monoisotopic (exact) mass is 318 g/mol. The van der Waals surface area contributed by atoms with Crippen molar-refractivity contribution in [1.29, 1.82) is 0 Å². The van der Waals surface area contributed by atoms with Crippen LogP contribution in [0.2, 0.25) is 0 Å². The predicted octanol–water partition coefficient (Wildman–Crippen LogP) is 1.22. The maximum absolute atomic E-state index is 4.35. The number of hydrogen-bond donors (Lipinski definition) is 0. The molecule has 1 aromatic heterocycles. The van der Waals surface area contributed by atoms with Gasteiger partial charge in [0.2, 0.25) is 5.95 Å². The topological polar surface area (TPSA) is 32.3 Å². The fourth-order valence-electron chi connectivity index (χ4n) is 1.70. The third-order valence-electron chi connectivity index (χ3n) is 2.85. The van der Waals surface area contributed by atoms with Gasteiger partial charge in [-0.1, -0.05) is 0 Å². The molecule has 0 N–H and O–H groups in total. The van der Waals surface area contributed by atoms with E-state index in [9.17, 15) is 0 Å². The van der Waals surface area contributed by atoms with Crippen molar-refractivity contribution in [3.8, 4) is 0 Å². The van der Waals surface area contributed by atoms with Crippen LogP contribution < -0.4 is 4.90 Å². The van der Waals surface area contributed by atoms with E-state index >= 15 is 0 Å². The Morgan fingerprint density at radius 1 is 1.33 bits per heavy atom. The average Bonchev–Trinajstić information content (AvgIpc) is 2.23. The molecule has 1 aliphatic heterocycles. The van der Waals surface area contributed by atoms with Crippen molar-refractivity contribution in [1.82, 2.24) is 14.9 Å². The minimum absolute atomic E-state index is 0.571. The van der Waals surface area contributed by atoms with Gasteiger partial charge in [-0.25, -0.2) is 9.97 Å². The zero-order valence-electron chi connectivity index (χ0n) is 9.02. The summed E-state index contributed by atoms with van der Waals surface area (Å²) < 4.78 is 1.08. The molecule has 0 aliphatic carbocycles. The lowest BCUT2D eigenvalue weighted by atomic mass is 10.2. The summed E-state index contributed by atoms with van der Waals surface area (Å²) in [5.41, 5.74) is 0. The van der Waals surface area contributed by atoms with Gasteiger partial charge in [0.05, 0.1) is 0 Å². The van der Waals surface area contributed by atoms with E-state index in [0.717, 1.165) is 29.2 Å². The molecule has 0 amide bonds. The summed E-state index contributed by atoms with van der Waals surface area (Å²) in [5, 5.41) is 0. The molecule has 0 bridgehead atoms. The standard InChI is InChI=1S/C10H15IN4/c1-8-7-15(4-3-14(8)2)10-12-5-9(11)6-13-10/h5-6,8H,3-4,7H2,1-2H3. The van der Waals surface area contributed by atoms with Gasteiger partial charge in [0.1, 0.15) is 0 Å². The van der Waals surface area contributed by atoms with E-state index in [4.69, 9.17) is 0 Å². The zero-order chi connectivity index (χ0) is 10.8. The minimum atomic E-state index is 0.571. The first-order chi connectivity index (χ1) is 7.16. The Bertz CT molecular complexity index is 327. The van der Waals surface area contributed by atoms with Crippen molar-refractivity contribution in [2.24, 2.45) is 0 Å². The van der Waals surface area contributed by atoms with Gasteiger partial charge < -0.3 is 9.80 Å². The molecule has 2 rings (SSSR count). The van der Waals surface area contributed by atoms with E-state index in [1.165, 1.54) is 0 Å². The van der Waals surface area contributed by atoms with Crippen LogP contribution in [0.1, 0.15) is 6.92 Å². The molecule has 5 heteroatoms. The molecule has 1 unspecified atom stereocenters. The summed E-state index contributed by atoms with van der Waals surface area (Å²) in [4.78, 5) is 13.3. The van der Waals surface area contributed by atoms with Gasteiger partial charge in [0, 0.05) is 41.6 Å². The van der Waals surface area contributed by atoms with Crippen LogP contribution in [0.5, 0.6) is 0 Å². The Morgan fingerprint density at radius 3 is 2.60 bits per heavy atom. The van der Waals surface area contributed by atoms with E-state index in [1.807, 2.05) is 12.4 Å². The molecule has 1 saturated heterocycles. The number of halogens is 1. The third-order valence-corrected chi connectivity index (χ3v) is 3.41. The second-order valence-electron chi connectivity index (χ2n) is 3.98. The molecular formula is C10H15IN4. The lowest BCUT2D eigenvalue weighted by molar-refractivity contribution is 0.233. The van der Waals surface area contributed by atoms with Crippen molar-refractivity contribution in [2.75, 3.05) is 31.6 Å². The van der Waals surface area contributed by atoms with E-state index < -0.39 is 0 Å². The molecule has 1 fully saturated rings. The Labute approximate surface area is 104 Å². The third kappa shape index (κ3) is 2.57. The number of anilines is 1. The van der Waals surface area contributed by atoms with E-state index in [1.54, 1.807) is 0 Å². The Kier molecular flexibility index (Phi) is 3.40. The quantitative estimate of drug-likeness (QED) is 0.729. The smallest absolute Gasteiger partial charge is 0.225 e. The van der Waals surface area contributed by atoms with E-state index in [-0.39, 0.29) is 0 Å². The number of likely N-dealkylation sites (N-methyl/N-ethyl adjacent to an activating group) is 1. The Morgan fingerprint density at radius 2 is 2.00 bits per heavy atom. The average molecular weight is 318 g/mol. The molecule has 0 radical (unpaired) electrons. The summed E-state index contributed by atoms with van der Waals surface area (Å²) in [6, 6.07) is 0.571. The molecule has 0 aromatic carbocycles. The zero-order valence-corrected chi connectivity index (χ0v) is 11.2. The van der Waals surface area contributed by atoms with Gasteiger partial charge in [-0.15, -0.1) is 0 Å². The summed E-state index contributed by atoms with van der Waals surface area (Å²) in [6.45, 7) is 5.34. The lowest BCUT2D eigenvalue weighted by Crippen LogP contribution is -2.50. The van der Waals surface area contributed by atoms with Crippen LogP contribution in [0.15, 0.2) is 12.4 Å². The molecule has 1 aliphatic rings. The van der Waals surface area contributed by atoms with Crippen LogP contribution in [0.3, 0.4) is 0 Å². The van der Waals surface area contributed by atoms with Crippen molar-refractivity contribution >= 4 is 28.5 Å². The number of nitrogens with zero attached hydrogens (tertiary/aromatic N) is 4. The fourth-order valence-corrected chi connectivity index (χ4v) is 1.98. The van der Waals surface area contributed by atoms with Crippen molar-refractivity contribution < 1.29 is 0 Å². The summed E-state index contributed by atoms with van der Waals surface area (Å²) in [6.07, 6.45) is 3.73. The number of rotatable bonds is 1. The maximum atomic E-state index is 4.35. The van der Waals surface area contributed by atoms with Crippen LogP contribution in [0, 0.1) is 3.57 Å². The summed E-state index contributed by atoms with van der Waals surface area (Å²) >= 11 is 2.22. The highest BCUT2D eigenvalue weighted by molar-refractivity contribution is 14.1. The molecular weight excluding hydrogens is 303 g/mol. The maximum Gasteiger partial charge on any atom is 0.225 e.